The summed E-state index contributed by atoms with van der Waals surface area (Å²) < 4.78 is 5.36. The van der Waals surface area contributed by atoms with Crippen LogP contribution in [0.1, 0.15) is 32.8 Å². The fourth-order valence-electron chi connectivity index (χ4n) is 3.34. The molecule has 1 saturated heterocycles. The van der Waals surface area contributed by atoms with Crippen molar-refractivity contribution >= 4 is 41.4 Å². The average Bonchev–Trinajstić information content (AvgIpc) is 3.28. The molecule has 1 aliphatic rings. The van der Waals surface area contributed by atoms with Crippen LogP contribution >= 0.6 is 23.5 Å². The van der Waals surface area contributed by atoms with Crippen LogP contribution in [0.2, 0.25) is 0 Å². The van der Waals surface area contributed by atoms with Crippen LogP contribution in [0.4, 0.5) is 0 Å². The molecule has 0 spiro atoms. The summed E-state index contributed by atoms with van der Waals surface area (Å²) in [5.41, 5.74) is 1.09. The maximum Gasteiger partial charge on any atom is 0.326 e. The molecule has 1 aromatic carbocycles. The van der Waals surface area contributed by atoms with E-state index >= 15 is 0 Å². The molecular formula is C22H32N2O5S2. The zero-order chi connectivity index (χ0) is 22.8. The first-order valence-electron chi connectivity index (χ1n) is 10.6. The largest absolute Gasteiger partial charge is 0.480 e. The lowest BCUT2D eigenvalue weighted by Crippen LogP contribution is -2.55. The number of carbonyl (C=O) groups is 3. The van der Waals surface area contributed by atoms with Crippen LogP contribution in [-0.4, -0.2) is 75.2 Å². The number of carbonyl (C=O) groups excluding carboxylic acids is 2. The van der Waals surface area contributed by atoms with Crippen LogP contribution in [0.5, 0.6) is 0 Å². The molecule has 1 unspecified atom stereocenters. The Labute approximate surface area is 192 Å². The molecule has 1 aliphatic heterocycles. The average molecular weight is 469 g/mol. The van der Waals surface area contributed by atoms with Crippen molar-refractivity contribution in [2.24, 2.45) is 0 Å². The van der Waals surface area contributed by atoms with Crippen molar-refractivity contribution in [2.45, 2.75) is 56.3 Å². The number of nitrogens with one attached hydrogen (secondary N) is 1. The van der Waals surface area contributed by atoms with E-state index in [1.807, 2.05) is 30.3 Å². The maximum atomic E-state index is 13.2. The van der Waals surface area contributed by atoms with Gasteiger partial charge in [-0.25, -0.2) is 4.79 Å². The molecule has 1 heterocycles. The van der Waals surface area contributed by atoms with Crippen molar-refractivity contribution in [3.8, 4) is 0 Å². The Balaban J connectivity index is 2.07. The molecule has 1 fully saturated rings. The SMILES string of the molecule is CCOC(=O)[C@H](CCc1ccccc1)NC(C)C(=O)N(CC1SCCS1)[C@@H](C)C(=O)O. The zero-order valence-corrected chi connectivity index (χ0v) is 19.9. The van der Waals surface area contributed by atoms with E-state index in [4.69, 9.17) is 4.74 Å². The van der Waals surface area contributed by atoms with Gasteiger partial charge in [-0.3, -0.25) is 14.9 Å². The molecule has 1 amide bonds. The van der Waals surface area contributed by atoms with Gasteiger partial charge < -0.3 is 14.7 Å². The van der Waals surface area contributed by atoms with Crippen molar-refractivity contribution in [1.82, 2.24) is 10.2 Å². The highest BCUT2D eigenvalue weighted by molar-refractivity contribution is 8.20. The van der Waals surface area contributed by atoms with E-state index in [0.29, 0.717) is 19.4 Å². The van der Waals surface area contributed by atoms with Gasteiger partial charge in [-0.15, -0.1) is 23.5 Å². The number of carboxylic acid groups (broad SMARTS) is 1. The number of hydrogen-bond acceptors (Lipinski definition) is 7. The first-order chi connectivity index (χ1) is 14.8. The highest BCUT2D eigenvalue weighted by Gasteiger charge is 2.34. The van der Waals surface area contributed by atoms with Crippen LogP contribution < -0.4 is 5.32 Å². The first-order valence-corrected chi connectivity index (χ1v) is 12.7. The van der Waals surface area contributed by atoms with E-state index < -0.39 is 30.1 Å². The van der Waals surface area contributed by atoms with Crippen LogP contribution in [0.25, 0.3) is 0 Å². The Kier molecular flexibility index (Phi) is 10.7. The summed E-state index contributed by atoms with van der Waals surface area (Å²) in [5, 5.41) is 12.6. The van der Waals surface area contributed by atoms with Crippen LogP contribution in [0.15, 0.2) is 30.3 Å². The summed E-state index contributed by atoms with van der Waals surface area (Å²) in [6.07, 6.45) is 1.13. The van der Waals surface area contributed by atoms with Gasteiger partial charge in [0.05, 0.1) is 17.2 Å². The fraction of sp³-hybridized carbons (Fsp3) is 0.591. The monoisotopic (exact) mass is 468 g/mol. The molecule has 0 radical (unpaired) electrons. The second kappa shape index (κ2) is 13.0. The number of aliphatic carboxylic acids is 1. The molecule has 1 aromatic rings. The van der Waals surface area contributed by atoms with Gasteiger partial charge in [0.2, 0.25) is 5.91 Å². The lowest BCUT2D eigenvalue weighted by Gasteiger charge is -2.32. The van der Waals surface area contributed by atoms with Crippen molar-refractivity contribution in [1.29, 1.82) is 0 Å². The van der Waals surface area contributed by atoms with Gasteiger partial charge in [0.1, 0.15) is 12.1 Å². The van der Waals surface area contributed by atoms with Crippen LogP contribution in [0.3, 0.4) is 0 Å². The summed E-state index contributed by atoms with van der Waals surface area (Å²) in [4.78, 5) is 38.7. The van der Waals surface area contributed by atoms with Gasteiger partial charge in [-0.1, -0.05) is 30.3 Å². The standard InChI is InChI=1S/C22H32N2O5S2/c1-4-29-22(28)18(11-10-17-8-6-5-7-9-17)23-15(2)20(25)24(16(3)21(26)27)14-19-30-12-13-31-19/h5-9,15-16,18-19,23H,4,10-14H2,1-3H3,(H,26,27)/t15?,16-,18-/m0/s1. The topological polar surface area (TPSA) is 95.9 Å². The van der Waals surface area contributed by atoms with Crippen LogP contribution in [-0.2, 0) is 25.5 Å². The third-order valence-corrected chi connectivity index (χ3v) is 8.10. The summed E-state index contributed by atoms with van der Waals surface area (Å²) in [6.45, 7) is 5.56. The van der Waals surface area contributed by atoms with Crippen molar-refractivity contribution in [3.63, 3.8) is 0 Å². The van der Waals surface area contributed by atoms with Crippen molar-refractivity contribution < 1.29 is 24.2 Å². The van der Waals surface area contributed by atoms with Gasteiger partial charge >= 0.3 is 11.9 Å². The van der Waals surface area contributed by atoms with E-state index in [1.165, 1.54) is 11.8 Å². The molecule has 9 heteroatoms. The Morgan fingerprint density at radius 2 is 1.84 bits per heavy atom. The number of esters is 1. The molecule has 3 atom stereocenters. The summed E-state index contributed by atoms with van der Waals surface area (Å²) in [6, 6.07) is 7.48. The molecule has 0 aliphatic carbocycles. The molecular weight excluding hydrogens is 436 g/mol. The van der Waals surface area contributed by atoms with Gasteiger partial charge in [0, 0.05) is 18.1 Å². The van der Waals surface area contributed by atoms with Crippen molar-refractivity contribution in [2.75, 3.05) is 24.7 Å². The highest BCUT2D eigenvalue weighted by atomic mass is 32.2. The van der Waals surface area contributed by atoms with E-state index in [1.54, 1.807) is 37.4 Å². The number of ether oxygens (including phenoxy) is 1. The smallest absolute Gasteiger partial charge is 0.326 e. The number of hydrogen-bond donors (Lipinski definition) is 2. The fourth-order valence-corrected chi connectivity index (χ4v) is 6.12. The molecule has 0 aromatic heterocycles. The second-order valence-electron chi connectivity index (χ2n) is 7.39. The third kappa shape index (κ3) is 8.05. The van der Waals surface area contributed by atoms with E-state index in [-0.39, 0.29) is 17.1 Å². The number of thioether (sulfide) groups is 2. The predicted molar refractivity (Wildman–Crippen MR) is 125 cm³/mol. The lowest BCUT2D eigenvalue weighted by molar-refractivity contribution is -0.151. The van der Waals surface area contributed by atoms with E-state index in [0.717, 1.165) is 17.1 Å². The van der Waals surface area contributed by atoms with Gasteiger partial charge in [-0.05, 0) is 39.2 Å². The lowest BCUT2D eigenvalue weighted by atomic mass is 10.0. The number of amides is 1. The minimum atomic E-state index is -1.04. The first kappa shape index (κ1) is 25.5. The molecule has 0 bridgehead atoms. The minimum Gasteiger partial charge on any atom is -0.480 e. The van der Waals surface area contributed by atoms with E-state index in [2.05, 4.69) is 5.32 Å². The third-order valence-electron chi connectivity index (χ3n) is 5.10. The van der Waals surface area contributed by atoms with E-state index in [9.17, 15) is 19.5 Å². The van der Waals surface area contributed by atoms with Gasteiger partial charge in [0.15, 0.2) is 0 Å². The maximum absolute atomic E-state index is 13.2. The molecule has 0 saturated carbocycles. The highest BCUT2D eigenvalue weighted by Crippen LogP contribution is 2.32. The van der Waals surface area contributed by atoms with Crippen LogP contribution in [0, 0.1) is 0 Å². The zero-order valence-electron chi connectivity index (χ0n) is 18.3. The predicted octanol–water partition coefficient (Wildman–Crippen LogP) is 2.64. The summed E-state index contributed by atoms with van der Waals surface area (Å²) in [5.74, 6) is 0.225. The number of benzene rings is 1. The number of rotatable bonds is 12. The molecule has 172 valence electrons. The number of nitrogens with zero attached hydrogens (tertiary/aromatic N) is 1. The Morgan fingerprint density at radius 1 is 1.19 bits per heavy atom. The second-order valence-corrected chi connectivity index (χ2v) is 10.3. The van der Waals surface area contributed by atoms with Gasteiger partial charge in [0.25, 0.3) is 0 Å². The Hall–Kier alpha value is -1.71. The Bertz CT molecular complexity index is 728. The quantitative estimate of drug-likeness (QED) is 0.452. The molecule has 2 N–H and O–H groups in total. The summed E-state index contributed by atoms with van der Waals surface area (Å²) >= 11 is 3.48. The number of carboxylic acids is 1. The molecule has 7 nitrogen and oxygen atoms in total. The Morgan fingerprint density at radius 3 is 2.42 bits per heavy atom. The summed E-state index contributed by atoms with van der Waals surface area (Å²) in [7, 11) is 0. The van der Waals surface area contributed by atoms with Crippen molar-refractivity contribution in [3.05, 3.63) is 35.9 Å². The molecule has 2 rings (SSSR count). The normalized spacial score (nSPS) is 17.0. The molecule has 31 heavy (non-hydrogen) atoms. The number of aryl methyl sites for hydroxylation is 1. The minimum absolute atomic E-state index is 0.164. The van der Waals surface area contributed by atoms with Gasteiger partial charge in [-0.2, -0.15) is 0 Å².